The van der Waals surface area contributed by atoms with Crippen molar-refractivity contribution in [2.75, 3.05) is 0 Å². The van der Waals surface area contributed by atoms with Crippen LogP contribution < -0.4 is 5.30 Å². The van der Waals surface area contributed by atoms with E-state index in [4.69, 9.17) is 5.11 Å². The molecule has 1 aromatic heterocycles. The van der Waals surface area contributed by atoms with Crippen LogP contribution in [0.1, 0.15) is 17.0 Å². The van der Waals surface area contributed by atoms with Crippen LogP contribution in [0.25, 0.3) is 10.9 Å². The van der Waals surface area contributed by atoms with Crippen LogP contribution >= 0.6 is 7.60 Å². The number of aromatic nitrogens is 1. The Morgan fingerprint density at radius 2 is 1.84 bits per heavy atom. The Morgan fingerprint density at radius 3 is 2.32 bits per heavy atom. The summed E-state index contributed by atoms with van der Waals surface area (Å²) in [7, 11) is -5.01. The van der Waals surface area contributed by atoms with Crippen molar-refractivity contribution >= 4 is 29.8 Å². The van der Waals surface area contributed by atoms with Gasteiger partial charge in [-0.05, 0) is 6.07 Å². The third-order valence-corrected chi connectivity index (χ3v) is 3.61. The first-order valence-electron chi connectivity index (χ1n) is 4.95. The van der Waals surface area contributed by atoms with Gasteiger partial charge in [0.15, 0.2) is 0 Å². The highest BCUT2D eigenvalue weighted by Gasteiger charge is 2.35. The van der Waals surface area contributed by atoms with Gasteiger partial charge in [0, 0.05) is 5.39 Å². The number of hydrogen-bond acceptors (Lipinski definition) is 2. The first-order valence-corrected chi connectivity index (χ1v) is 6.57. The van der Waals surface area contributed by atoms with Gasteiger partial charge < -0.3 is 14.9 Å². The Kier molecular flexibility index (Phi) is 3.17. The quantitative estimate of drug-likeness (QED) is 0.745. The van der Waals surface area contributed by atoms with Gasteiger partial charge in [0.2, 0.25) is 0 Å². The lowest BCUT2D eigenvalue weighted by molar-refractivity contribution is 0.0553. The maximum absolute atomic E-state index is 13.0. The smallest absolute Gasteiger partial charge is 0.359 e. The van der Waals surface area contributed by atoms with Gasteiger partial charge in [0.25, 0.3) is 0 Å². The largest absolute Gasteiger partial charge is 0.477 e. The van der Waals surface area contributed by atoms with Crippen molar-refractivity contribution in [1.29, 1.82) is 0 Å². The molecule has 19 heavy (non-hydrogen) atoms. The summed E-state index contributed by atoms with van der Waals surface area (Å²) >= 11 is 0. The topological polar surface area (TPSA) is 99.8 Å². The van der Waals surface area contributed by atoms with E-state index in [1.807, 2.05) is 0 Å². The number of hydrogen-bond donors (Lipinski definition) is 3. The van der Waals surface area contributed by atoms with Crippen LogP contribution in [-0.2, 0) is 4.57 Å². The van der Waals surface area contributed by atoms with Crippen LogP contribution in [-0.4, -0.2) is 25.4 Å². The lowest BCUT2D eigenvalue weighted by Gasteiger charge is -2.07. The number of carboxylic acids is 1. The van der Waals surface area contributed by atoms with Crippen LogP contribution in [0.2, 0.25) is 0 Å². The predicted octanol–water partition coefficient (Wildman–Crippen LogP) is 1.54. The summed E-state index contributed by atoms with van der Waals surface area (Å²) in [6, 6.07) is 5.11. The molecule has 0 spiro atoms. The zero-order valence-electron chi connectivity index (χ0n) is 9.20. The molecule has 6 nitrogen and oxygen atoms in total. The van der Waals surface area contributed by atoms with E-state index in [2.05, 4.69) is 0 Å². The molecule has 0 amide bonds. The van der Waals surface area contributed by atoms with E-state index in [-0.39, 0.29) is 15.5 Å². The third kappa shape index (κ3) is 2.14. The zero-order chi connectivity index (χ0) is 14.4. The van der Waals surface area contributed by atoms with Gasteiger partial charge in [0.05, 0.1) is 5.52 Å². The number of aromatic carboxylic acids is 1. The highest BCUT2D eigenvalue weighted by Crippen LogP contribution is 2.40. The van der Waals surface area contributed by atoms with Gasteiger partial charge in [-0.2, -0.15) is 8.78 Å². The van der Waals surface area contributed by atoms with Crippen molar-refractivity contribution < 1.29 is 33.0 Å². The van der Waals surface area contributed by atoms with Gasteiger partial charge in [-0.15, -0.1) is 0 Å². The van der Waals surface area contributed by atoms with E-state index in [1.165, 1.54) is 24.3 Å². The van der Waals surface area contributed by atoms with Crippen molar-refractivity contribution in [3.05, 3.63) is 30.0 Å². The number of alkyl halides is 2. The molecule has 1 heterocycles. The minimum atomic E-state index is -5.01. The molecule has 0 radical (unpaired) electrons. The number of nitrogens with zero attached hydrogens (tertiary/aromatic N) is 1. The number of halogens is 2. The van der Waals surface area contributed by atoms with Gasteiger partial charge >= 0.3 is 20.1 Å². The van der Waals surface area contributed by atoms with E-state index in [9.17, 15) is 27.9 Å². The van der Waals surface area contributed by atoms with Gasteiger partial charge in [-0.25, -0.2) is 4.79 Å². The van der Waals surface area contributed by atoms with Crippen LogP contribution in [0.3, 0.4) is 0 Å². The van der Waals surface area contributed by atoms with Crippen molar-refractivity contribution in [3.63, 3.8) is 0 Å². The minimum Gasteiger partial charge on any atom is -0.477 e. The minimum absolute atomic E-state index is 0.103. The van der Waals surface area contributed by atoms with Crippen LogP contribution in [0.4, 0.5) is 8.78 Å². The summed E-state index contributed by atoms with van der Waals surface area (Å²) in [4.78, 5) is 29.5. The Bertz CT molecular complexity index is 705. The maximum Gasteiger partial charge on any atom is 0.359 e. The molecule has 102 valence electrons. The van der Waals surface area contributed by atoms with E-state index < -0.39 is 31.1 Å². The van der Waals surface area contributed by atoms with Crippen LogP contribution in [0.5, 0.6) is 0 Å². The molecule has 0 aliphatic carbocycles. The molecule has 0 saturated heterocycles. The first kappa shape index (κ1) is 13.7. The molecule has 0 aliphatic rings. The van der Waals surface area contributed by atoms with Crippen molar-refractivity contribution in [3.8, 4) is 0 Å². The Hall–Kier alpha value is -1.76. The Labute approximate surface area is 105 Å². The molecule has 0 atom stereocenters. The predicted molar refractivity (Wildman–Crippen MR) is 61.8 cm³/mol. The Balaban J connectivity index is 3.05. The molecule has 0 bridgehead atoms. The second-order valence-electron chi connectivity index (χ2n) is 3.71. The van der Waals surface area contributed by atoms with Crippen molar-refractivity contribution in [2.24, 2.45) is 0 Å². The SMILES string of the molecule is O=C(O)c1c(P(=O)(O)O)c2ccccc2n1C(F)F. The van der Waals surface area contributed by atoms with E-state index in [0.29, 0.717) is 0 Å². The number of carbonyl (C=O) groups is 1. The fraction of sp³-hybridized carbons (Fsp3) is 0.100. The molecule has 0 saturated carbocycles. The highest BCUT2D eigenvalue weighted by molar-refractivity contribution is 7.61. The van der Waals surface area contributed by atoms with E-state index >= 15 is 0 Å². The third-order valence-electron chi connectivity index (χ3n) is 2.57. The van der Waals surface area contributed by atoms with E-state index in [0.717, 1.165) is 0 Å². The molecule has 0 aliphatic heterocycles. The summed E-state index contributed by atoms with van der Waals surface area (Å²) in [5.74, 6) is -1.82. The molecule has 3 N–H and O–H groups in total. The molecule has 1 aromatic carbocycles. The maximum atomic E-state index is 13.0. The molecule has 2 aromatic rings. The second kappa shape index (κ2) is 4.41. The van der Waals surface area contributed by atoms with E-state index in [1.54, 1.807) is 0 Å². The lowest BCUT2D eigenvalue weighted by Crippen LogP contribution is -2.19. The Morgan fingerprint density at radius 1 is 1.26 bits per heavy atom. The molecular formula is C10H8F2NO5P. The average molecular weight is 291 g/mol. The second-order valence-corrected chi connectivity index (χ2v) is 5.25. The van der Waals surface area contributed by atoms with Gasteiger partial charge in [-0.1, -0.05) is 18.2 Å². The van der Waals surface area contributed by atoms with Gasteiger partial charge in [-0.3, -0.25) is 9.13 Å². The molecule has 0 fully saturated rings. The monoisotopic (exact) mass is 291 g/mol. The number of benzene rings is 1. The van der Waals surface area contributed by atoms with Crippen LogP contribution in [0.15, 0.2) is 24.3 Å². The number of rotatable bonds is 3. The molecular weight excluding hydrogens is 283 g/mol. The number of carboxylic acid groups (broad SMARTS) is 1. The normalized spacial score (nSPS) is 12.3. The fourth-order valence-corrected chi connectivity index (χ4v) is 2.93. The summed E-state index contributed by atoms with van der Waals surface area (Å²) in [5.41, 5.74) is -1.34. The first-order chi connectivity index (χ1) is 8.75. The lowest BCUT2D eigenvalue weighted by atomic mass is 10.2. The number of fused-ring (bicyclic) bond motifs is 1. The number of para-hydroxylation sites is 1. The van der Waals surface area contributed by atoms with Gasteiger partial charge in [0.1, 0.15) is 11.0 Å². The summed E-state index contributed by atoms with van der Waals surface area (Å²) in [5, 5.41) is 7.87. The summed E-state index contributed by atoms with van der Waals surface area (Å²) in [6.45, 7) is -3.23. The summed E-state index contributed by atoms with van der Waals surface area (Å²) < 4.78 is 37.4. The molecule has 9 heteroatoms. The molecule has 0 unspecified atom stereocenters. The fourth-order valence-electron chi connectivity index (χ4n) is 1.95. The molecule has 2 rings (SSSR count). The van der Waals surface area contributed by atoms with Crippen LogP contribution in [0, 0.1) is 0 Å². The van der Waals surface area contributed by atoms with Crippen molar-refractivity contribution in [2.45, 2.75) is 6.55 Å². The van der Waals surface area contributed by atoms with Crippen molar-refractivity contribution in [1.82, 2.24) is 4.57 Å². The standard InChI is InChI=1S/C10H8F2NO5P/c11-10(12)13-6-4-2-1-3-5(6)8(19(16,17)18)7(13)9(14)15/h1-4,10H,(H,14,15)(H2,16,17,18). The highest BCUT2D eigenvalue weighted by atomic mass is 31.2. The average Bonchev–Trinajstić information content (AvgIpc) is 2.63. The summed E-state index contributed by atoms with van der Waals surface area (Å²) in [6.07, 6.45) is 0. The zero-order valence-corrected chi connectivity index (χ0v) is 10.1.